The second-order valence-electron chi connectivity index (χ2n) is 12.0. The molecule has 0 aliphatic heterocycles. The Morgan fingerprint density at radius 2 is 1.46 bits per heavy atom. The first-order valence-corrected chi connectivity index (χ1v) is 15.5. The Bertz CT molecular complexity index is 2820. The Labute approximate surface area is 264 Å². The zero-order valence-corrected chi connectivity index (χ0v) is 25.1. The molecule has 1 aliphatic carbocycles. The summed E-state index contributed by atoms with van der Waals surface area (Å²) in [5.41, 5.74) is 10.0. The normalized spacial score (nSPS) is 14.8. The van der Waals surface area contributed by atoms with Crippen molar-refractivity contribution < 1.29 is 0 Å². The number of fused-ring (bicyclic) bond motifs is 10. The number of allylic oxidation sites excluding steroid dienone is 3. The van der Waals surface area contributed by atoms with Gasteiger partial charge in [0.1, 0.15) is 5.65 Å². The molecule has 1 aliphatic rings. The average molecular weight is 587 g/mol. The Morgan fingerprint density at radius 3 is 2.30 bits per heavy atom. The zero-order valence-electron chi connectivity index (χ0n) is 25.1. The van der Waals surface area contributed by atoms with Crippen LogP contribution in [-0.4, -0.2) is 27.1 Å². The summed E-state index contributed by atoms with van der Waals surface area (Å²) in [5, 5.41) is 11.2. The smallest absolute Gasteiger partial charge is 0.146 e. The summed E-state index contributed by atoms with van der Waals surface area (Å²) in [5.74, 6) is 0. The number of imidazole rings is 1. The van der Waals surface area contributed by atoms with Crippen LogP contribution in [0.3, 0.4) is 0 Å². The van der Waals surface area contributed by atoms with E-state index < -0.39 is 0 Å². The molecule has 10 rings (SSSR count). The fraction of sp³-hybridized carbons (Fsp3) is 0.0238. The lowest BCUT2D eigenvalue weighted by Crippen LogP contribution is -2.15. The van der Waals surface area contributed by atoms with Crippen LogP contribution in [0.5, 0.6) is 0 Å². The lowest BCUT2D eigenvalue weighted by atomic mass is 9.89. The van der Waals surface area contributed by atoms with Gasteiger partial charge in [0.05, 0.1) is 28.3 Å². The van der Waals surface area contributed by atoms with E-state index in [0.717, 1.165) is 50.5 Å². The predicted molar refractivity (Wildman–Crippen MR) is 193 cm³/mol. The molecule has 3 aromatic heterocycles. The van der Waals surface area contributed by atoms with E-state index in [0.29, 0.717) is 0 Å². The third-order valence-corrected chi connectivity index (χ3v) is 9.72. The van der Waals surface area contributed by atoms with Gasteiger partial charge < -0.3 is 0 Å². The van der Waals surface area contributed by atoms with Gasteiger partial charge in [-0.15, -0.1) is 0 Å². The van der Waals surface area contributed by atoms with Crippen LogP contribution in [-0.2, 0) is 0 Å². The van der Waals surface area contributed by atoms with Crippen LogP contribution in [0.2, 0.25) is 0 Å². The maximum Gasteiger partial charge on any atom is 0.146 e. The van der Waals surface area contributed by atoms with E-state index in [1.54, 1.807) is 6.08 Å². The molecule has 214 valence electrons. The van der Waals surface area contributed by atoms with Gasteiger partial charge in [0, 0.05) is 35.2 Å². The van der Waals surface area contributed by atoms with Crippen LogP contribution < -0.4 is 0 Å². The van der Waals surface area contributed by atoms with Crippen molar-refractivity contribution in [2.45, 2.75) is 0 Å². The van der Waals surface area contributed by atoms with Crippen molar-refractivity contribution in [3.63, 3.8) is 0 Å². The minimum Gasteiger partial charge on any atom is -0.291 e. The van der Waals surface area contributed by atoms with Crippen LogP contribution >= 0.6 is 0 Å². The predicted octanol–water partition coefficient (Wildman–Crippen LogP) is 10.3. The molecule has 0 atom stereocenters. The van der Waals surface area contributed by atoms with Gasteiger partial charge in [0.25, 0.3) is 0 Å². The van der Waals surface area contributed by atoms with E-state index in [2.05, 4.69) is 119 Å². The maximum absolute atomic E-state index is 5.37. The maximum atomic E-state index is 5.37. The number of nitrogens with zero attached hydrogens (tertiary/aromatic N) is 4. The molecular formula is C42H26N4. The molecule has 0 fully saturated rings. The van der Waals surface area contributed by atoms with Gasteiger partial charge in [-0.3, -0.25) is 14.4 Å². The zero-order chi connectivity index (χ0) is 30.5. The fourth-order valence-electron chi connectivity index (χ4n) is 7.81. The summed E-state index contributed by atoms with van der Waals surface area (Å²) in [6.07, 6.45) is 5.64. The van der Waals surface area contributed by atoms with Gasteiger partial charge in [-0.1, -0.05) is 97.6 Å². The number of aromatic nitrogens is 3. The molecule has 0 N–H and O–H groups in total. The first kappa shape index (κ1) is 25.2. The summed E-state index contributed by atoms with van der Waals surface area (Å²) >= 11 is 0. The summed E-state index contributed by atoms with van der Waals surface area (Å²) in [7, 11) is 1.82. The van der Waals surface area contributed by atoms with Gasteiger partial charge in [-0.2, -0.15) is 0 Å². The third kappa shape index (κ3) is 3.20. The Balaban J connectivity index is 1.31. The van der Waals surface area contributed by atoms with Crippen LogP contribution in [0.15, 0.2) is 139 Å². The first-order valence-electron chi connectivity index (χ1n) is 15.5. The SMILES string of the molecule is C=C/C=C1\C(=NC)c2ncccc2-c2c1nc1c3ccc(-c4ccc5ccc6cccc7ccc4c5c67)cc3c3ccccc3n21. The quantitative estimate of drug-likeness (QED) is 0.189. The molecule has 4 heteroatoms. The van der Waals surface area contributed by atoms with Crippen LogP contribution in [0.1, 0.15) is 11.4 Å². The van der Waals surface area contributed by atoms with Crippen molar-refractivity contribution in [3.8, 4) is 22.4 Å². The molecule has 0 saturated carbocycles. The molecular weight excluding hydrogens is 560 g/mol. The van der Waals surface area contributed by atoms with Crippen molar-refractivity contribution >= 4 is 70.9 Å². The topological polar surface area (TPSA) is 42.5 Å². The molecule has 0 amide bonds. The van der Waals surface area contributed by atoms with E-state index in [4.69, 9.17) is 9.97 Å². The number of hydrogen-bond donors (Lipinski definition) is 0. The minimum atomic E-state index is 0.830. The number of hydrogen-bond acceptors (Lipinski definition) is 3. The second-order valence-corrected chi connectivity index (χ2v) is 12.0. The molecule has 3 heterocycles. The largest absolute Gasteiger partial charge is 0.291 e. The van der Waals surface area contributed by atoms with Crippen LogP contribution in [0.4, 0.5) is 0 Å². The van der Waals surface area contributed by atoms with Crippen LogP contribution in [0.25, 0.3) is 87.6 Å². The molecule has 0 spiro atoms. The highest BCUT2D eigenvalue weighted by Gasteiger charge is 2.32. The summed E-state index contributed by atoms with van der Waals surface area (Å²) in [4.78, 5) is 14.8. The highest BCUT2D eigenvalue weighted by molar-refractivity contribution is 6.36. The number of para-hydroxylation sites is 1. The molecule has 0 radical (unpaired) electrons. The van der Waals surface area contributed by atoms with E-state index >= 15 is 0 Å². The third-order valence-electron chi connectivity index (χ3n) is 9.72. The van der Waals surface area contributed by atoms with Crippen molar-refractivity contribution in [2.75, 3.05) is 7.05 Å². The van der Waals surface area contributed by atoms with Crippen molar-refractivity contribution in [2.24, 2.45) is 4.99 Å². The molecule has 0 unspecified atom stereocenters. The van der Waals surface area contributed by atoms with Gasteiger partial charge in [-0.05, 0) is 79.2 Å². The summed E-state index contributed by atoms with van der Waals surface area (Å²) in [6.45, 7) is 4.01. The second kappa shape index (κ2) is 9.19. The van der Waals surface area contributed by atoms with Crippen molar-refractivity contribution in [3.05, 3.63) is 146 Å². The van der Waals surface area contributed by atoms with E-state index in [9.17, 15) is 0 Å². The summed E-state index contributed by atoms with van der Waals surface area (Å²) < 4.78 is 2.31. The number of benzene rings is 6. The standard InChI is InChI=1S/C42H26N4/c1-3-8-32-38(43-2)39-33(12-7-22-44-39)41-40(32)45-42-31-21-18-27(23-34(31)29-11-4-5-13-35(29)46(41)42)28-19-16-26-15-14-24-9-6-10-25-17-20-30(28)37(26)36(24)25/h3-23H,1H2,2H3/b32-8+,43-38?. The van der Waals surface area contributed by atoms with Gasteiger partial charge >= 0.3 is 0 Å². The Kier molecular flexibility index (Phi) is 5.04. The highest BCUT2D eigenvalue weighted by atomic mass is 15.0. The summed E-state index contributed by atoms with van der Waals surface area (Å²) in [6, 6.07) is 39.8. The highest BCUT2D eigenvalue weighted by Crippen LogP contribution is 2.44. The molecule has 6 aromatic carbocycles. The van der Waals surface area contributed by atoms with Crippen molar-refractivity contribution in [1.29, 1.82) is 0 Å². The lowest BCUT2D eigenvalue weighted by molar-refractivity contribution is 1.22. The molecule has 0 bridgehead atoms. The molecule has 4 nitrogen and oxygen atoms in total. The first-order chi connectivity index (χ1) is 22.7. The number of rotatable bonds is 2. The van der Waals surface area contributed by atoms with E-state index in [-0.39, 0.29) is 0 Å². The van der Waals surface area contributed by atoms with E-state index in [1.807, 2.05) is 25.4 Å². The Hall–Kier alpha value is -6.13. The Morgan fingerprint density at radius 1 is 0.674 bits per heavy atom. The van der Waals surface area contributed by atoms with Gasteiger partial charge in [0.2, 0.25) is 0 Å². The lowest BCUT2D eigenvalue weighted by Gasteiger charge is -2.20. The van der Waals surface area contributed by atoms with Crippen molar-refractivity contribution in [1.82, 2.24) is 14.4 Å². The van der Waals surface area contributed by atoms with Gasteiger partial charge in [0.15, 0.2) is 0 Å². The van der Waals surface area contributed by atoms with E-state index in [1.165, 1.54) is 54.2 Å². The van der Waals surface area contributed by atoms with Crippen LogP contribution in [0, 0.1) is 0 Å². The fourth-order valence-corrected chi connectivity index (χ4v) is 7.81. The number of pyridine rings is 2. The molecule has 0 saturated heterocycles. The molecule has 46 heavy (non-hydrogen) atoms. The minimum absolute atomic E-state index is 0.830. The average Bonchev–Trinajstić information content (AvgIpc) is 3.52. The monoisotopic (exact) mass is 586 g/mol. The van der Waals surface area contributed by atoms with Gasteiger partial charge in [-0.25, -0.2) is 4.98 Å². The molecule has 9 aromatic rings. The number of aliphatic imine (C=N–C) groups is 1.